The summed E-state index contributed by atoms with van der Waals surface area (Å²) in [6, 6.07) is 1.65. The number of carboxylic acids is 1. The first-order valence-electron chi connectivity index (χ1n) is 3.97. The van der Waals surface area contributed by atoms with Gasteiger partial charge in [-0.25, -0.2) is 9.97 Å². The van der Waals surface area contributed by atoms with Gasteiger partial charge in [0.05, 0.1) is 5.75 Å². The molecule has 1 heterocycles. The summed E-state index contributed by atoms with van der Waals surface area (Å²) in [4.78, 5) is 18.2. The number of aliphatic carboxylic acids is 1. The van der Waals surface area contributed by atoms with Crippen molar-refractivity contribution in [3.05, 3.63) is 24.3 Å². The van der Waals surface area contributed by atoms with Crippen molar-refractivity contribution in [2.75, 3.05) is 0 Å². The largest absolute Gasteiger partial charge is 0.480 e. The molecule has 0 aromatic carbocycles. The Bertz CT molecular complexity index is 342. The Labute approximate surface area is 83.7 Å². The lowest BCUT2D eigenvalue weighted by molar-refractivity contribution is -0.136. The van der Waals surface area contributed by atoms with Crippen LogP contribution in [0.2, 0.25) is 0 Å². The molecule has 0 spiro atoms. The molecule has 6 heteroatoms. The molecule has 0 aliphatic rings. The molecule has 0 amide bonds. The van der Waals surface area contributed by atoms with Gasteiger partial charge in [-0.2, -0.15) is 0 Å². The Hall–Kier alpha value is -1.30. The topological polar surface area (TPSA) is 80.1 Å². The molecule has 1 N–H and O–H groups in total. The van der Waals surface area contributed by atoms with Crippen LogP contribution in [0.4, 0.5) is 0 Å². The van der Waals surface area contributed by atoms with Crippen LogP contribution < -0.4 is 0 Å². The fraction of sp³-hybridized carbons (Fsp3) is 0.375. The molecule has 0 aliphatic heterocycles. The highest BCUT2D eigenvalue weighted by Gasteiger charge is 2.19. The van der Waals surface area contributed by atoms with Crippen LogP contribution in [0.1, 0.15) is 12.7 Å². The molecule has 76 valence electrons. The lowest BCUT2D eigenvalue weighted by Gasteiger charge is -2.04. The molecule has 0 bridgehead atoms. The number of aromatic nitrogens is 2. The summed E-state index contributed by atoms with van der Waals surface area (Å²) in [6.45, 7) is 1.40. The minimum Gasteiger partial charge on any atom is -0.480 e. The van der Waals surface area contributed by atoms with Gasteiger partial charge in [0.15, 0.2) is 0 Å². The predicted molar refractivity (Wildman–Crippen MR) is 51.0 cm³/mol. The van der Waals surface area contributed by atoms with Gasteiger partial charge in [0.25, 0.3) is 0 Å². The van der Waals surface area contributed by atoms with Gasteiger partial charge < -0.3 is 5.11 Å². The van der Waals surface area contributed by atoms with Gasteiger partial charge in [0.2, 0.25) is 0 Å². The Morgan fingerprint density at radius 2 is 2.14 bits per heavy atom. The summed E-state index contributed by atoms with van der Waals surface area (Å²) in [6.07, 6.45) is 3.07. The number of carbonyl (C=O) groups is 1. The second kappa shape index (κ2) is 4.80. The molecule has 1 rings (SSSR count). The number of hydrogen-bond donors (Lipinski definition) is 1. The van der Waals surface area contributed by atoms with Crippen molar-refractivity contribution < 1.29 is 14.1 Å². The monoisotopic (exact) mass is 214 g/mol. The summed E-state index contributed by atoms with van der Waals surface area (Å²) in [5, 5.41) is 7.71. The molecule has 0 saturated carbocycles. The van der Waals surface area contributed by atoms with Crippen LogP contribution in [0.15, 0.2) is 18.5 Å². The standard InChI is InChI=1S/C8H10N2O3S/c1-6(8(11)12)14(13)5-7-9-3-2-4-10-7/h2-4,6H,5H2,1H3,(H,11,12). The van der Waals surface area contributed by atoms with Gasteiger partial charge in [0.1, 0.15) is 11.1 Å². The van der Waals surface area contributed by atoms with E-state index in [9.17, 15) is 9.00 Å². The van der Waals surface area contributed by atoms with E-state index in [4.69, 9.17) is 5.11 Å². The SMILES string of the molecule is CC(C(=O)O)S(=O)Cc1ncccn1. The van der Waals surface area contributed by atoms with Gasteiger partial charge in [-0.15, -0.1) is 0 Å². The first-order valence-corrected chi connectivity index (χ1v) is 5.35. The highest BCUT2D eigenvalue weighted by molar-refractivity contribution is 7.85. The summed E-state index contributed by atoms with van der Waals surface area (Å²) in [7, 11) is -1.47. The lowest BCUT2D eigenvalue weighted by atomic mass is 10.5. The van der Waals surface area contributed by atoms with Gasteiger partial charge >= 0.3 is 5.97 Å². The summed E-state index contributed by atoms with van der Waals surface area (Å²) >= 11 is 0. The van der Waals surface area contributed by atoms with Crippen molar-refractivity contribution in [3.8, 4) is 0 Å². The van der Waals surface area contributed by atoms with Crippen LogP contribution in [-0.2, 0) is 21.3 Å². The number of carboxylic acid groups (broad SMARTS) is 1. The second-order valence-electron chi connectivity index (χ2n) is 2.67. The molecule has 0 aliphatic carbocycles. The minimum atomic E-state index is -1.47. The number of hydrogen-bond acceptors (Lipinski definition) is 4. The Morgan fingerprint density at radius 1 is 1.57 bits per heavy atom. The average Bonchev–Trinajstić information content (AvgIpc) is 2.18. The zero-order valence-corrected chi connectivity index (χ0v) is 8.40. The van der Waals surface area contributed by atoms with E-state index < -0.39 is 22.0 Å². The smallest absolute Gasteiger partial charge is 0.318 e. The molecular formula is C8H10N2O3S. The highest BCUT2D eigenvalue weighted by Crippen LogP contribution is 2.02. The molecule has 14 heavy (non-hydrogen) atoms. The van der Waals surface area contributed by atoms with E-state index in [-0.39, 0.29) is 5.75 Å². The summed E-state index contributed by atoms with van der Waals surface area (Å²) < 4.78 is 11.4. The fourth-order valence-corrected chi connectivity index (χ4v) is 1.65. The van der Waals surface area contributed by atoms with Crippen molar-refractivity contribution in [2.45, 2.75) is 17.9 Å². The summed E-state index contributed by atoms with van der Waals surface area (Å²) in [5.41, 5.74) is 0. The third kappa shape index (κ3) is 2.88. The molecule has 2 unspecified atom stereocenters. The molecule has 2 atom stereocenters. The normalized spacial score (nSPS) is 14.6. The van der Waals surface area contributed by atoms with E-state index in [1.54, 1.807) is 6.07 Å². The molecule has 0 radical (unpaired) electrons. The number of rotatable bonds is 4. The Balaban J connectivity index is 2.62. The third-order valence-corrected chi connectivity index (χ3v) is 3.17. The quantitative estimate of drug-likeness (QED) is 0.774. The van der Waals surface area contributed by atoms with E-state index >= 15 is 0 Å². The van der Waals surface area contributed by atoms with Crippen molar-refractivity contribution in [3.63, 3.8) is 0 Å². The first-order chi connectivity index (χ1) is 6.61. The van der Waals surface area contributed by atoms with Crippen LogP contribution in [0.5, 0.6) is 0 Å². The average molecular weight is 214 g/mol. The highest BCUT2D eigenvalue weighted by atomic mass is 32.2. The molecule has 0 saturated heterocycles. The van der Waals surface area contributed by atoms with E-state index in [0.717, 1.165) is 0 Å². The zero-order valence-electron chi connectivity index (χ0n) is 7.58. The molecular weight excluding hydrogens is 204 g/mol. The molecule has 5 nitrogen and oxygen atoms in total. The van der Waals surface area contributed by atoms with Crippen molar-refractivity contribution >= 4 is 16.8 Å². The van der Waals surface area contributed by atoms with Gasteiger partial charge in [-0.3, -0.25) is 9.00 Å². The van der Waals surface area contributed by atoms with E-state index in [1.165, 1.54) is 19.3 Å². The maximum Gasteiger partial charge on any atom is 0.318 e. The molecule has 1 aromatic heterocycles. The maximum atomic E-state index is 11.4. The number of nitrogens with zero attached hydrogens (tertiary/aromatic N) is 2. The van der Waals surface area contributed by atoms with Gasteiger partial charge in [-0.1, -0.05) is 0 Å². The van der Waals surface area contributed by atoms with Crippen molar-refractivity contribution in [1.82, 2.24) is 9.97 Å². The fourth-order valence-electron chi connectivity index (χ4n) is 0.769. The van der Waals surface area contributed by atoms with Crippen molar-refractivity contribution in [1.29, 1.82) is 0 Å². The van der Waals surface area contributed by atoms with E-state index in [2.05, 4.69) is 9.97 Å². The third-order valence-electron chi connectivity index (χ3n) is 1.63. The van der Waals surface area contributed by atoms with Crippen LogP contribution in [0.3, 0.4) is 0 Å². The zero-order chi connectivity index (χ0) is 10.6. The van der Waals surface area contributed by atoms with Gasteiger partial charge in [-0.05, 0) is 13.0 Å². The van der Waals surface area contributed by atoms with Crippen molar-refractivity contribution in [2.24, 2.45) is 0 Å². The van der Waals surface area contributed by atoms with Crippen LogP contribution in [0, 0.1) is 0 Å². The van der Waals surface area contributed by atoms with Crippen LogP contribution in [0.25, 0.3) is 0 Å². The molecule has 1 aromatic rings. The first kappa shape index (κ1) is 10.8. The van der Waals surface area contributed by atoms with Gasteiger partial charge in [0, 0.05) is 23.2 Å². The molecule has 0 fully saturated rings. The second-order valence-corrected chi connectivity index (χ2v) is 4.43. The van der Waals surface area contributed by atoms with E-state index in [1.807, 2.05) is 0 Å². The Kier molecular flexibility index (Phi) is 3.70. The minimum absolute atomic E-state index is 0.0777. The maximum absolute atomic E-state index is 11.4. The van der Waals surface area contributed by atoms with E-state index in [0.29, 0.717) is 5.82 Å². The summed E-state index contributed by atoms with van der Waals surface area (Å²) in [5.74, 6) is -0.591. The lowest BCUT2D eigenvalue weighted by Crippen LogP contribution is -2.23. The van der Waals surface area contributed by atoms with Crippen LogP contribution >= 0.6 is 0 Å². The predicted octanol–water partition coefficient (Wildman–Crippen LogP) is 0.198. The Morgan fingerprint density at radius 3 is 2.64 bits per heavy atom. The van der Waals surface area contributed by atoms with Crippen LogP contribution in [-0.4, -0.2) is 30.5 Å².